The molecule has 1 saturated heterocycles. The van der Waals surface area contributed by atoms with Gasteiger partial charge in [0.25, 0.3) is 0 Å². The molecule has 0 bridgehead atoms. The van der Waals surface area contributed by atoms with Crippen LogP contribution in [0.1, 0.15) is 18.9 Å². The molecule has 1 amide bonds. The molecular formula is C16H20BrNO4. The lowest BCUT2D eigenvalue weighted by molar-refractivity contribution is -0.160. The third-order valence-corrected chi connectivity index (χ3v) is 4.36. The number of carbonyl (C=O) groups is 2. The average Bonchev–Trinajstić information content (AvgIpc) is 2.52. The Hall–Kier alpha value is -1.40. The van der Waals surface area contributed by atoms with Crippen LogP contribution in [0.4, 0.5) is 0 Å². The fourth-order valence-electron chi connectivity index (χ4n) is 2.61. The van der Waals surface area contributed by atoms with Crippen molar-refractivity contribution in [3.8, 4) is 0 Å². The molecule has 1 aliphatic heterocycles. The van der Waals surface area contributed by atoms with Gasteiger partial charge in [-0.15, -0.1) is 0 Å². The van der Waals surface area contributed by atoms with E-state index in [1.807, 2.05) is 31.2 Å². The number of hydrogen-bond donors (Lipinski definition) is 1. The maximum Gasteiger partial charge on any atom is 0.334 e. The first kappa shape index (κ1) is 17.0. The number of morpholine rings is 1. The van der Waals surface area contributed by atoms with Crippen LogP contribution in [0, 0.1) is 5.92 Å². The van der Waals surface area contributed by atoms with Gasteiger partial charge < -0.3 is 14.7 Å². The number of ether oxygens (including phenoxy) is 1. The Bertz CT molecular complexity index is 549. The van der Waals surface area contributed by atoms with Crippen LogP contribution < -0.4 is 0 Å². The van der Waals surface area contributed by atoms with Gasteiger partial charge in [0, 0.05) is 16.9 Å². The Morgan fingerprint density at radius 2 is 2.27 bits per heavy atom. The minimum atomic E-state index is -1.02. The quantitative estimate of drug-likeness (QED) is 0.864. The number of carboxylic acids is 1. The Morgan fingerprint density at radius 1 is 1.50 bits per heavy atom. The van der Waals surface area contributed by atoms with Gasteiger partial charge in [0.2, 0.25) is 5.91 Å². The molecule has 1 aromatic rings. The van der Waals surface area contributed by atoms with E-state index in [2.05, 4.69) is 15.9 Å². The average molecular weight is 370 g/mol. The zero-order chi connectivity index (χ0) is 16.1. The number of rotatable bonds is 5. The fraction of sp³-hybridized carbons (Fsp3) is 0.500. The molecule has 22 heavy (non-hydrogen) atoms. The van der Waals surface area contributed by atoms with Gasteiger partial charge in [-0.05, 0) is 30.5 Å². The SMILES string of the molecule is CCC(Cc1cccc(Br)c1)C(=O)N1CCOC(C(=O)O)C1. The lowest BCUT2D eigenvalue weighted by atomic mass is 9.95. The summed E-state index contributed by atoms with van der Waals surface area (Å²) in [5, 5.41) is 9.03. The number of carbonyl (C=O) groups excluding carboxylic acids is 1. The van der Waals surface area contributed by atoms with Crippen molar-refractivity contribution in [1.82, 2.24) is 4.90 Å². The molecule has 120 valence electrons. The highest BCUT2D eigenvalue weighted by Gasteiger charge is 2.31. The van der Waals surface area contributed by atoms with E-state index in [1.54, 1.807) is 4.90 Å². The number of amides is 1. The topological polar surface area (TPSA) is 66.8 Å². The van der Waals surface area contributed by atoms with Crippen LogP contribution in [-0.4, -0.2) is 47.7 Å². The number of benzene rings is 1. The second-order valence-electron chi connectivity index (χ2n) is 5.42. The minimum Gasteiger partial charge on any atom is -0.479 e. The summed E-state index contributed by atoms with van der Waals surface area (Å²) in [5.41, 5.74) is 1.10. The summed E-state index contributed by atoms with van der Waals surface area (Å²) in [6, 6.07) is 7.91. The lowest BCUT2D eigenvalue weighted by Crippen LogP contribution is -2.50. The number of hydrogen-bond acceptors (Lipinski definition) is 3. The van der Waals surface area contributed by atoms with Crippen LogP contribution in [0.5, 0.6) is 0 Å². The van der Waals surface area contributed by atoms with E-state index in [9.17, 15) is 9.59 Å². The standard InChI is InChI=1S/C16H20BrNO4/c1-2-12(8-11-4-3-5-13(17)9-11)15(19)18-6-7-22-14(10-18)16(20)21/h3-5,9,12,14H,2,6-8,10H2,1H3,(H,20,21). The largest absolute Gasteiger partial charge is 0.479 e. The van der Waals surface area contributed by atoms with Crippen molar-refractivity contribution in [1.29, 1.82) is 0 Å². The van der Waals surface area contributed by atoms with Crippen molar-refractivity contribution < 1.29 is 19.4 Å². The van der Waals surface area contributed by atoms with Crippen LogP contribution in [0.3, 0.4) is 0 Å². The molecule has 0 aromatic heterocycles. The van der Waals surface area contributed by atoms with Crippen molar-refractivity contribution in [3.05, 3.63) is 34.3 Å². The highest BCUT2D eigenvalue weighted by molar-refractivity contribution is 9.10. The first-order valence-corrected chi connectivity index (χ1v) is 8.18. The molecule has 2 rings (SSSR count). The summed E-state index contributed by atoms with van der Waals surface area (Å²) in [5.74, 6) is -1.14. The van der Waals surface area contributed by atoms with Gasteiger partial charge in [-0.25, -0.2) is 4.79 Å². The molecule has 1 N–H and O–H groups in total. The van der Waals surface area contributed by atoms with Crippen LogP contribution in [-0.2, 0) is 20.7 Å². The first-order chi connectivity index (χ1) is 10.5. The van der Waals surface area contributed by atoms with E-state index >= 15 is 0 Å². The number of carboxylic acid groups (broad SMARTS) is 1. The molecule has 2 atom stereocenters. The molecule has 6 heteroatoms. The van der Waals surface area contributed by atoms with Crippen LogP contribution in [0.25, 0.3) is 0 Å². The Labute approximate surface area is 138 Å². The number of halogens is 1. The van der Waals surface area contributed by atoms with Gasteiger partial charge in [-0.2, -0.15) is 0 Å². The third-order valence-electron chi connectivity index (χ3n) is 3.87. The van der Waals surface area contributed by atoms with Gasteiger partial charge in [0.1, 0.15) is 0 Å². The second-order valence-corrected chi connectivity index (χ2v) is 6.34. The van der Waals surface area contributed by atoms with Crippen molar-refractivity contribution in [2.75, 3.05) is 19.7 Å². The molecule has 0 saturated carbocycles. The summed E-state index contributed by atoms with van der Waals surface area (Å²) >= 11 is 3.43. The Balaban J connectivity index is 2.03. The Kier molecular flexibility index (Phi) is 5.97. The van der Waals surface area contributed by atoms with Crippen LogP contribution in [0.2, 0.25) is 0 Å². The van der Waals surface area contributed by atoms with Crippen molar-refractivity contribution >= 4 is 27.8 Å². The van der Waals surface area contributed by atoms with E-state index in [0.717, 1.165) is 16.5 Å². The zero-order valence-corrected chi connectivity index (χ0v) is 14.1. The van der Waals surface area contributed by atoms with E-state index in [-0.39, 0.29) is 25.0 Å². The summed E-state index contributed by atoms with van der Waals surface area (Å²) < 4.78 is 6.16. The zero-order valence-electron chi connectivity index (χ0n) is 12.5. The van der Waals surface area contributed by atoms with E-state index in [0.29, 0.717) is 13.0 Å². The molecule has 1 aliphatic rings. The first-order valence-electron chi connectivity index (χ1n) is 7.39. The molecule has 0 radical (unpaired) electrons. The molecule has 1 aromatic carbocycles. The molecule has 0 aliphatic carbocycles. The maximum atomic E-state index is 12.7. The molecule has 0 spiro atoms. The third kappa shape index (κ3) is 4.30. The molecule has 2 unspecified atom stereocenters. The molecular weight excluding hydrogens is 350 g/mol. The van der Waals surface area contributed by atoms with Gasteiger partial charge >= 0.3 is 5.97 Å². The second kappa shape index (κ2) is 7.74. The number of aliphatic carboxylic acids is 1. The van der Waals surface area contributed by atoms with Gasteiger partial charge in [-0.3, -0.25) is 4.79 Å². The highest BCUT2D eigenvalue weighted by atomic mass is 79.9. The van der Waals surface area contributed by atoms with Crippen LogP contribution in [0.15, 0.2) is 28.7 Å². The summed E-state index contributed by atoms with van der Waals surface area (Å²) in [4.78, 5) is 25.3. The molecule has 1 heterocycles. The molecule has 1 fully saturated rings. The van der Waals surface area contributed by atoms with Gasteiger partial charge in [0.05, 0.1) is 13.2 Å². The summed E-state index contributed by atoms with van der Waals surface area (Å²) in [6.07, 6.45) is 0.464. The summed E-state index contributed by atoms with van der Waals surface area (Å²) in [7, 11) is 0. The fourth-order valence-corrected chi connectivity index (χ4v) is 3.06. The normalized spacial score (nSPS) is 19.7. The maximum absolute atomic E-state index is 12.7. The van der Waals surface area contributed by atoms with Crippen molar-refractivity contribution in [2.45, 2.75) is 25.9 Å². The lowest BCUT2D eigenvalue weighted by Gasteiger charge is -2.33. The highest BCUT2D eigenvalue weighted by Crippen LogP contribution is 2.20. The smallest absolute Gasteiger partial charge is 0.334 e. The van der Waals surface area contributed by atoms with E-state index in [4.69, 9.17) is 9.84 Å². The summed E-state index contributed by atoms with van der Waals surface area (Å²) in [6.45, 7) is 2.84. The predicted molar refractivity (Wildman–Crippen MR) is 85.6 cm³/mol. The van der Waals surface area contributed by atoms with E-state index in [1.165, 1.54) is 0 Å². The monoisotopic (exact) mass is 369 g/mol. The predicted octanol–water partition coefficient (Wildman–Crippen LogP) is 2.33. The van der Waals surface area contributed by atoms with Gasteiger partial charge in [-0.1, -0.05) is 35.0 Å². The van der Waals surface area contributed by atoms with E-state index < -0.39 is 12.1 Å². The van der Waals surface area contributed by atoms with Crippen molar-refractivity contribution in [2.24, 2.45) is 5.92 Å². The Morgan fingerprint density at radius 3 is 2.91 bits per heavy atom. The minimum absolute atomic E-state index is 0.0111. The number of nitrogens with zero attached hydrogens (tertiary/aromatic N) is 1. The van der Waals surface area contributed by atoms with Crippen molar-refractivity contribution in [3.63, 3.8) is 0 Å². The van der Waals surface area contributed by atoms with Gasteiger partial charge in [0.15, 0.2) is 6.10 Å². The molecule has 5 nitrogen and oxygen atoms in total. The van der Waals surface area contributed by atoms with Crippen LogP contribution >= 0.6 is 15.9 Å².